The van der Waals surface area contributed by atoms with Crippen molar-refractivity contribution in [3.63, 3.8) is 0 Å². The monoisotopic (exact) mass is 415 g/mol. The van der Waals surface area contributed by atoms with Crippen molar-refractivity contribution >= 4 is 35.6 Å². The van der Waals surface area contributed by atoms with Gasteiger partial charge in [0.1, 0.15) is 12.3 Å². The van der Waals surface area contributed by atoms with Crippen molar-refractivity contribution in [2.75, 3.05) is 6.61 Å². The normalized spacial score (nSPS) is 14.5. The summed E-state index contributed by atoms with van der Waals surface area (Å²) in [4.78, 5) is 33.9. The number of carboxylic acid groups (broad SMARTS) is 1. The van der Waals surface area contributed by atoms with Gasteiger partial charge < -0.3 is 24.7 Å². The minimum Gasteiger partial charge on any atom is -0.545 e. The summed E-state index contributed by atoms with van der Waals surface area (Å²) in [6, 6.07) is 8.75. The maximum absolute atomic E-state index is 11.7. The van der Waals surface area contributed by atoms with Gasteiger partial charge in [-0.1, -0.05) is 29.8 Å². The highest BCUT2D eigenvalue weighted by atomic mass is 35.5. The summed E-state index contributed by atoms with van der Waals surface area (Å²) in [7, 11) is 0. The number of hydrogen-bond donors (Lipinski definition) is 2. The van der Waals surface area contributed by atoms with Crippen LogP contribution in [0.15, 0.2) is 42.1 Å². The zero-order valence-corrected chi connectivity index (χ0v) is 16.0. The molecule has 2 N–H and O–H groups in total. The molecule has 2 aromatic rings. The second kappa shape index (κ2) is 8.66. The fourth-order valence-corrected chi connectivity index (χ4v) is 2.94. The molecule has 29 heavy (non-hydrogen) atoms. The van der Waals surface area contributed by atoms with E-state index in [9.17, 15) is 19.5 Å². The van der Waals surface area contributed by atoms with Gasteiger partial charge in [-0.15, -0.1) is 0 Å². The van der Waals surface area contributed by atoms with Gasteiger partial charge in [-0.25, -0.2) is 4.79 Å². The molecule has 0 bridgehead atoms. The number of urea groups is 1. The molecule has 150 valence electrons. The lowest BCUT2D eigenvalue weighted by Gasteiger charge is -2.15. The number of halogens is 1. The number of hydrogen-bond acceptors (Lipinski definition) is 6. The highest BCUT2D eigenvalue weighted by molar-refractivity contribution is 6.32. The van der Waals surface area contributed by atoms with E-state index in [2.05, 4.69) is 10.6 Å². The van der Waals surface area contributed by atoms with Crippen molar-refractivity contribution in [3.05, 3.63) is 63.8 Å². The Bertz CT molecular complexity index is 1020. The van der Waals surface area contributed by atoms with E-state index in [4.69, 9.17) is 21.1 Å². The maximum atomic E-state index is 11.7. The largest absolute Gasteiger partial charge is 0.545 e. The standard InChI is InChI=1S/C20H17ClN2O6/c1-2-28-16-9-12(8-15-18(24)23-20(27)22-15)7-14(21)17(16)29-10-11-4-3-5-13(6-11)19(25)26/h3-9H,2,10H2,1H3,(H,25,26)(H2,22,23,24,27)/p-1/b15-8-. The molecule has 9 heteroatoms. The molecule has 1 aliphatic heterocycles. The molecule has 0 spiro atoms. The van der Waals surface area contributed by atoms with Crippen LogP contribution in [0.5, 0.6) is 11.5 Å². The summed E-state index contributed by atoms with van der Waals surface area (Å²) in [5.74, 6) is -1.21. The first kappa shape index (κ1) is 20.2. The number of aromatic carboxylic acids is 1. The molecular formula is C20H16ClN2O6-. The summed E-state index contributed by atoms with van der Waals surface area (Å²) in [6.07, 6.45) is 1.46. The average molecular weight is 416 g/mol. The van der Waals surface area contributed by atoms with Gasteiger partial charge in [0, 0.05) is 0 Å². The predicted molar refractivity (Wildman–Crippen MR) is 102 cm³/mol. The zero-order chi connectivity index (χ0) is 21.0. The number of benzene rings is 2. The van der Waals surface area contributed by atoms with Gasteiger partial charge in [0.15, 0.2) is 11.5 Å². The van der Waals surface area contributed by atoms with Crippen molar-refractivity contribution < 1.29 is 29.0 Å². The van der Waals surface area contributed by atoms with E-state index >= 15 is 0 Å². The number of nitrogens with one attached hydrogen (secondary N) is 2. The van der Waals surface area contributed by atoms with Gasteiger partial charge >= 0.3 is 6.03 Å². The molecule has 3 rings (SSSR count). The first-order valence-electron chi connectivity index (χ1n) is 8.61. The second-order valence-corrected chi connectivity index (χ2v) is 6.41. The van der Waals surface area contributed by atoms with Crippen LogP contribution >= 0.6 is 11.6 Å². The number of amides is 3. The van der Waals surface area contributed by atoms with Gasteiger partial charge in [-0.05, 0) is 47.9 Å². The Hall–Kier alpha value is -3.52. The van der Waals surface area contributed by atoms with Gasteiger partial charge in [0.25, 0.3) is 5.91 Å². The summed E-state index contributed by atoms with van der Waals surface area (Å²) in [6.45, 7) is 2.18. The molecule has 0 aromatic heterocycles. The van der Waals surface area contributed by atoms with Crippen molar-refractivity contribution in [2.24, 2.45) is 0 Å². The maximum Gasteiger partial charge on any atom is 0.326 e. The van der Waals surface area contributed by atoms with Crippen LogP contribution in [0, 0.1) is 0 Å². The van der Waals surface area contributed by atoms with E-state index in [1.165, 1.54) is 18.2 Å². The lowest BCUT2D eigenvalue weighted by Crippen LogP contribution is -2.22. The second-order valence-electron chi connectivity index (χ2n) is 6.01. The highest BCUT2D eigenvalue weighted by Crippen LogP contribution is 2.38. The van der Waals surface area contributed by atoms with E-state index < -0.39 is 17.9 Å². The molecule has 1 heterocycles. The van der Waals surface area contributed by atoms with E-state index in [0.717, 1.165) is 0 Å². The van der Waals surface area contributed by atoms with Crippen LogP contribution in [0.4, 0.5) is 4.79 Å². The van der Waals surface area contributed by atoms with E-state index in [0.29, 0.717) is 23.5 Å². The summed E-state index contributed by atoms with van der Waals surface area (Å²) in [5.41, 5.74) is 1.27. The van der Waals surface area contributed by atoms with Crippen molar-refractivity contribution in [3.8, 4) is 11.5 Å². The number of carbonyl (C=O) groups excluding carboxylic acids is 3. The van der Waals surface area contributed by atoms with Gasteiger partial charge in [0.2, 0.25) is 0 Å². The van der Waals surface area contributed by atoms with Crippen LogP contribution in [0.2, 0.25) is 5.02 Å². The lowest BCUT2D eigenvalue weighted by molar-refractivity contribution is -0.255. The highest BCUT2D eigenvalue weighted by Gasteiger charge is 2.23. The molecule has 0 radical (unpaired) electrons. The van der Waals surface area contributed by atoms with Gasteiger partial charge in [0.05, 0.1) is 17.6 Å². The summed E-state index contributed by atoms with van der Waals surface area (Å²) in [5, 5.41) is 15.7. The van der Waals surface area contributed by atoms with Crippen molar-refractivity contribution in [1.29, 1.82) is 0 Å². The third-order valence-corrected chi connectivity index (χ3v) is 4.19. The Balaban J connectivity index is 1.86. The first-order valence-corrected chi connectivity index (χ1v) is 8.98. The number of carbonyl (C=O) groups is 3. The van der Waals surface area contributed by atoms with Crippen LogP contribution in [0.3, 0.4) is 0 Å². The van der Waals surface area contributed by atoms with E-state index in [1.807, 2.05) is 0 Å². The van der Waals surface area contributed by atoms with Crippen molar-refractivity contribution in [2.45, 2.75) is 13.5 Å². The Morgan fingerprint density at radius 2 is 1.97 bits per heavy atom. The number of imide groups is 1. The fourth-order valence-electron chi connectivity index (χ4n) is 2.67. The molecule has 1 aliphatic rings. The number of ether oxygens (including phenoxy) is 2. The van der Waals surface area contributed by atoms with Crippen molar-refractivity contribution in [1.82, 2.24) is 10.6 Å². The third-order valence-electron chi connectivity index (χ3n) is 3.91. The quantitative estimate of drug-likeness (QED) is 0.526. The third kappa shape index (κ3) is 4.85. The van der Waals surface area contributed by atoms with E-state index in [1.54, 1.807) is 31.2 Å². The Kier molecular flexibility index (Phi) is 6.04. The van der Waals surface area contributed by atoms with E-state index in [-0.39, 0.29) is 28.6 Å². The molecule has 1 saturated heterocycles. The molecule has 0 unspecified atom stereocenters. The molecule has 0 saturated carbocycles. The SMILES string of the molecule is CCOc1cc(/C=C2\NC(=O)NC2=O)cc(Cl)c1OCc1cccc(C(=O)[O-])c1. The van der Waals surface area contributed by atoms with Crippen LogP contribution in [-0.2, 0) is 11.4 Å². The Morgan fingerprint density at radius 3 is 2.62 bits per heavy atom. The summed E-state index contributed by atoms with van der Waals surface area (Å²) >= 11 is 6.34. The van der Waals surface area contributed by atoms with Gasteiger partial charge in [-0.3, -0.25) is 10.1 Å². The number of carboxylic acids is 1. The molecule has 2 aromatic carbocycles. The van der Waals surface area contributed by atoms with Crippen LogP contribution in [0.1, 0.15) is 28.4 Å². The summed E-state index contributed by atoms with van der Waals surface area (Å²) < 4.78 is 11.4. The minimum absolute atomic E-state index is 0.0427. The predicted octanol–water partition coefficient (Wildman–Crippen LogP) is 1.86. The first-order chi connectivity index (χ1) is 13.9. The molecule has 0 atom stereocenters. The van der Waals surface area contributed by atoms with Gasteiger partial charge in [-0.2, -0.15) is 0 Å². The minimum atomic E-state index is -1.28. The van der Waals surface area contributed by atoms with Crippen LogP contribution < -0.4 is 25.2 Å². The molecule has 3 amide bonds. The molecule has 0 aliphatic carbocycles. The Labute approximate surface area is 171 Å². The smallest absolute Gasteiger partial charge is 0.326 e. The molecular weight excluding hydrogens is 400 g/mol. The fraction of sp³-hybridized carbons (Fsp3) is 0.150. The van der Waals surface area contributed by atoms with Crippen LogP contribution in [0.25, 0.3) is 6.08 Å². The zero-order valence-electron chi connectivity index (χ0n) is 15.3. The van der Waals surface area contributed by atoms with Crippen LogP contribution in [-0.4, -0.2) is 24.5 Å². The lowest BCUT2D eigenvalue weighted by atomic mass is 10.1. The Morgan fingerprint density at radius 1 is 1.17 bits per heavy atom. The molecule has 1 fully saturated rings. The topological polar surface area (TPSA) is 117 Å². The number of rotatable bonds is 7. The molecule has 8 nitrogen and oxygen atoms in total. The average Bonchev–Trinajstić information content (AvgIpc) is 2.98.